The standard InChI is InChI=1S/C13H13F6N.ClH/c14-12(15,16)8-4-5-9(10(7-8)13(17,18)19)11-3-1-2-6-20-11;/h4-5,7,11,20H,1-3,6H2;1H/t11-;/m1./s1. The smallest absolute Gasteiger partial charge is 0.310 e. The number of nitrogens with one attached hydrogen (secondary N) is 1. The van der Waals surface area contributed by atoms with Crippen molar-refractivity contribution in [1.82, 2.24) is 5.32 Å². The Morgan fingerprint density at radius 1 is 0.952 bits per heavy atom. The number of benzene rings is 1. The maximum absolute atomic E-state index is 13.0. The summed E-state index contributed by atoms with van der Waals surface area (Å²) in [6, 6.07) is 1.31. The van der Waals surface area contributed by atoms with Crippen LogP contribution in [0.3, 0.4) is 0 Å². The Morgan fingerprint density at radius 3 is 2.10 bits per heavy atom. The van der Waals surface area contributed by atoms with Gasteiger partial charge in [-0.3, -0.25) is 0 Å². The van der Waals surface area contributed by atoms with E-state index in [9.17, 15) is 26.3 Å². The summed E-state index contributed by atoms with van der Waals surface area (Å²) < 4.78 is 76.6. The molecule has 0 aliphatic carbocycles. The Morgan fingerprint density at radius 2 is 1.62 bits per heavy atom. The molecule has 1 aromatic rings. The van der Waals surface area contributed by atoms with Gasteiger partial charge >= 0.3 is 12.4 Å². The van der Waals surface area contributed by atoms with E-state index >= 15 is 0 Å². The van der Waals surface area contributed by atoms with E-state index in [0.717, 1.165) is 18.9 Å². The first kappa shape index (κ1) is 18.1. The van der Waals surface area contributed by atoms with Crippen LogP contribution in [0.1, 0.15) is 42.0 Å². The number of halogens is 7. The predicted octanol–water partition coefficient (Wildman–Crippen LogP) is 4.96. The third-order valence-corrected chi connectivity index (χ3v) is 3.37. The average molecular weight is 334 g/mol. The largest absolute Gasteiger partial charge is 0.416 e. The van der Waals surface area contributed by atoms with Gasteiger partial charge in [-0.25, -0.2) is 0 Å². The summed E-state index contributed by atoms with van der Waals surface area (Å²) in [5.41, 5.74) is -2.58. The van der Waals surface area contributed by atoms with Crippen LogP contribution in [0, 0.1) is 0 Å². The highest BCUT2D eigenvalue weighted by atomic mass is 35.5. The second kappa shape index (κ2) is 6.44. The highest BCUT2D eigenvalue weighted by Gasteiger charge is 2.39. The van der Waals surface area contributed by atoms with Gasteiger partial charge in [-0.2, -0.15) is 26.3 Å². The van der Waals surface area contributed by atoms with Gasteiger partial charge in [0.25, 0.3) is 0 Å². The summed E-state index contributed by atoms with van der Waals surface area (Å²) in [6.45, 7) is 0.572. The fourth-order valence-corrected chi connectivity index (χ4v) is 2.40. The molecule has 0 bridgehead atoms. The van der Waals surface area contributed by atoms with Crippen molar-refractivity contribution in [3.8, 4) is 0 Å². The van der Waals surface area contributed by atoms with Crippen LogP contribution in [-0.2, 0) is 12.4 Å². The maximum atomic E-state index is 13.0. The lowest BCUT2D eigenvalue weighted by atomic mass is 9.92. The third-order valence-electron chi connectivity index (χ3n) is 3.37. The van der Waals surface area contributed by atoms with E-state index in [2.05, 4.69) is 5.32 Å². The minimum atomic E-state index is -4.80. The topological polar surface area (TPSA) is 12.0 Å². The van der Waals surface area contributed by atoms with E-state index in [-0.39, 0.29) is 24.0 Å². The minimum Gasteiger partial charge on any atom is -0.310 e. The molecule has 0 saturated carbocycles. The molecule has 0 unspecified atom stereocenters. The molecule has 8 heteroatoms. The van der Waals surface area contributed by atoms with Gasteiger partial charge in [-0.05, 0) is 37.1 Å². The van der Waals surface area contributed by atoms with Crippen molar-refractivity contribution in [2.24, 2.45) is 0 Å². The Labute approximate surface area is 124 Å². The zero-order valence-electron chi connectivity index (χ0n) is 10.8. The van der Waals surface area contributed by atoms with Crippen LogP contribution in [0.15, 0.2) is 18.2 Å². The van der Waals surface area contributed by atoms with Crippen molar-refractivity contribution >= 4 is 12.4 Å². The lowest BCUT2D eigenvalue weighted by Crippen LogP contribution is -2.29. The summed E-state index contributed by atoms with van der Waals surface area (Å²) in [7, 11) is 0. The summed E-state index contributed by atoms with van der Waals surface area (Å²) in [5.74, 6) is 0. The van der Waals surface area contributed by atoms with Crippen LogP contribution in [0.4, 0.5) is 26.3 Å². The van der Waals surface area contributed by atoms with Gasteiger partial charge in [0, 0.05) is 6.04 Å². The van der Waals surface area contributed by atoms with Crippen molar-refractivity contribution in [2.45, 2.75) is 37.7 Å². The van der Waals surface area contributed by atoms with Crippen molar-refractivity contribution < 1.29 is 26.3 Å². The normalized spacial score (nSPS) is 20.0. The molecule has 1 saturated heterocycles. The molecule has 0 spiro atoms. The average Bonchev–Trinajstić information content (AvgIpc) is 2.37. The molecule has 1 aliphatic rings. The highest BCUT2D eigenvalue weighted by Crippen LogP contribution is 2.40. The van der Waals surface area contributed by atoms with Crippen LogP contribution >= 0.6 is 12.4 Å². The first-order chi connectivity index (χ1) is 9.19. The minimum absolute atomic E-state index is 0. The molecule has 1 N–H and O–H groups in total. The molecule has 0 amide bonds. The van der Waals surface area contributed by atoms with Crippen molar-refractivity contribution in [3.63, 3.8) is 0 Å². The lowest BCUT2D eigenvalue weighted by Gasteiger charge is -2.27. The fraction of sp³-hybridized carbons (Fsp3) is 0.538. The number of hydrogen-bond donors (Lipinski definition) is 1. The van der Waals surface area contributed by atoms with Crippen LogP contribution < -0.4 is 5.32 Å². The second-order valence-electron chi connectivity index (χ2n) is 4.80. The molecule has 1 heterocycles. The quantitative estimate of drug-likeness (QED) is 0.716. The molecule has 2 rings (SSSR count). The van der Waals surface area contributed by atoms with E-state index in [4.69, 9.17) is 0 Å². The molecule has 1 aromatic carbocycles. The van der Waals surface area contributed by atoms with E-state index in [0.29, 0.717) is 19.0 Å². The summed E-state index contributed by atoms with van der Waals surface area (Å²) in [4.78, 5) is 0. The Hall–Kier alpha value is -0.950. The van der Waals surface area contributed by atoms with E-state index in [1.807, 2.05) is 0 Å². The molecule has 120 valence electrons. The van der Waals surface area contributed by atoms with Crippen molar-refractivity contribution in [1.29, 1.82) is 0 Å². The highest BCUT2D eigenvalue weighted by molar-refractivity contribution is 5.85. The van der Waals surface area contributed by atoms with Gasteiger partial charge in [0.1, 0.15) is 0 Å². The Bertz CT molecular complexity index is 477. The number of hydrogen-bond acceptors (Lipinski definition) is 1. The van der Waals surface area contributed by atoms with E-state index < -0.39 is 29.5 Å². The summed E-state index contributed by atoms with van der Waals surface area (Å²) >= 11 is 0. The Balaban J connectivity index is 0.00000220. The predicted molar refractivity (Wildman–Crippen MR) is 68.3 cm³/mol. The molecule has 0 aromatic heterocycles. The molecule has 21 heavy (non-hydrogen) atoms. The second-order valence-corrected chi connectivity index (χ2v) is 4.80. The van der Waals surface area contributed by atoms with Gasteiger partial charge in [-0.15, -0.1) is 12.4 Å². The van der Waals surface area contributed by atoms with Gasteiger partial charge in [0.15, 0.2) is 0 Å². The van der Waals surface area contributed by atoms with Crippen LogP contribution in [0.25, 0.3) is 0 Å². The molecule has 1 atom stereocenters. The summed E-state index contributed by atoms with van der Waals surface area (Å²) in [5, 5.41) is 2.92. The Kier molecular flexibility index (Phi) is 5.55. The first-order valence-electron chi connectivity index (χ1n) is 6.21. The van der Waals surface area contributed by atoms with Crippen molar-refractivity contribution in [2.75, 3.05) is 6.54 Å². The van der Waals surface area contributed by atoms with E-state index in [1.54, 1.807) is 0 Å². The lowest BCUT2D eigenvalue weighted by molar-refractivity contribution is -0.143. The molecule has 0 radical (unpaired) electrons. The van der Waals surface area contributed by atoms with Gasteiger partial charge in [0.2, 0.25) is 0 Å². The van der Waals surface area contributed by atoms with Gasteiger partial charge < -0.3 is 5.32 Å². The first-order valence-corrected chi connectivity index (χ1v) is 6.21. The molecule has 1 nitrogen and oxygen atoms in total. The number of piperidine rings is 1. The third kappa shape index (κ3) is 4.26. The number of alkyl halides is 6. The van der Waals surface area contributed by atoms with Crippen LogP contribution in [0.2, 0.25) is 0 Å². The van der Waals surface area contributed by atoms with Crippen molar-refractivity contribution in [3.05, 3.63) is 34.9 Å². The molecule has 1 fully saturated rings. The van der Waals surface area contributed by atoms with Crippen LogP contribution in [-0.4, -0.2) is 6.54 Å². The maximum Gasteiger partial charge on any atom is 0.416 e. The zero-order valence-corrected chi connectivity index (χ0v) is 11.6. The zero-order chi connectivity index (χ0) is 15.0. The number of rotatable bonds is 1. The van der Waals surface area contributed by atoms with E-state index in [1.165, 1.54) is 0 Å². The van der Waals surface area contributed by atoms with Crippen LogP contribution in [0.5, 0.6) is 0 Å². The monoisotopic (exact) mass is 333 g/mol. The van der Waals surface area contributed by atoms with Gasteiger partial charge in [0.05, 0.1) is 11.1 Å². The molecule has 1 aliphatic heterocycles. The SMILES string of the molecule is Cl.FC(F)(F)c1ccc([C@H]2CCCCN2)c(C(F)(F)F)c1. The molecular formula is C13H14ClF6N. The molecular weight excluding hydrogens is 320 g/mol. The fourth-order valence-electron chi connectivity index (χ4n) is 2.40. The summed E-state index contributed by atoms with van der Waals surface area (Å²) in [6.07, 6.45) is -7.46. The van der Waals surface area contributed by atoms with Gasteiger partial charge in [-0.1, -0.05) is 12.5 Å².